The third kappa shape index (κ3) is 3.82. The van der Waals surface area contributed by atoms with Crippen molar-refractivity contribution in [3.05, 3.63) is 41.8 Å². The second-order valence-corrected chi connectivity index (χ2v) is 5.55. The Kier molecular flexibility index (Phi) is 4.13. The average Bonchev–Trinajstić information content (AvgIpc) is 2.84. The topological polar surface area (TPSA) is 79.9 Å². The Morgan fingerprint density at radius 2 is 2.14 bits per heavy atom. The summed E-state index contributed by atoms with van der Waals surface area (Å²) in [6, 6.07) is 7.25. The van der Waals surface area contributed by atoms with E-state index < -0.39 is 17.5 Å². The molecule has 0 radical (unpaired) electrons. The number of rotatable bonds is 2. The summed E-state index contributed by atoms with van der Waals surface area (Å²) in [5.74, 6) is -0.234. The number of halogens is 1. The number of nitrogens with zero attached hydrogens (tertiary/aromatic N) is 3. The number of nitrogens with one attached hydrogen (secondary N) is 1. The smallest absolute Gasteiger partial charge is 0.413 e. The highest BCUT2D eigenvalue weighted by atomic mass is 19.1. The van der Waals surface area contributed by atoms with E-state index in [4.69, 9.17) is 10.00 Å². The number of nitriles is 1. The molecule has 6 nitrogen and oxygen atoms in total. The number of hydrogen-bond acceptors (Lipinski definition) is 4. The standard InChI is InChI=1S/C15H15FN4O2/c1-15(2,3)22-14(21)18-13-6-7-20(19-13)12-5-4-11(16)8-10(12)9-17/h4-8H,1-3H3,(H,18,19,21). The van der Waals surface area contributed by atoms with Crippen LogP contribution >= 0.6 is 0 Å². The lowest BCUT2D eigenvalue weighted by molar-refractivity contribution is 0.0635. The van der Waals surface area contributed by atoms with Crippen molar-refractivity contribution in [3.8, 4) is 11.8 Å². The van der Waals surface area contributed by atoms with Gasteiger partial charge in [0.15, 0.2) is 5.82 Å². The zero-order valence-electron chi connectivity index (χ0n) is 12.4. The molecule has 0 aliphatic carbocycles. The van der Waals surface area contributed by atoms with Crippen LogP contribution in [0.25, 0.3) is 5.69 Å². The molecular formula is C15H15FN4O2. The van der Waals surface area contributed by atoms with Gasteiger partial charge in [-0.2, -0.15) is 5.26 Å². The van der Waals surface area contributed by atoms with Gasteiger partial charge in [0.2, 0.25) is 0 Å². The van der Waals surface area contributed by atoms with Crippen molar-refractivity contribution in [1.29, 1.82) is 5.26 Å². The van der Waals surface area contributed by atoms with Crippen LogP contribution < -0.4 is 5.32 Å². The van der Waals surface area contributed by atoms with Crippen LogP contribution in [0.15, 0.2) is 30.5 Å². The summed E-state index contributed by atoms with van der Waals surface area (Å²) in [4.78, 5) is 11.7. The highest BCUT2D eigenvalue weighted by molar-refractivity contribution is 5.83. The molecule has 1 aromatic carbocycles. The molecule has 1 N–H and O–H groups in total. The Bertz CT molecular complexity index is 741. The molecule has 0 saturated carbocycles. The molecule has 0 saturated heterocycles. The Labute approximate surface area is 127 Å². The van der Waals surface area contributed by atoms with Gasteiger partial charge in [-0.1, -0.05) is 0 Å². The maximum Gasteiger partial charge on any atom is 0.413 e. The van der Waals surface area contributed by atoms with E-state index in [2.05, 4.69) is 10.4 Å². The number of benzene rings is 1. The highest BCUT2D eigenvalue weighted by Crippen LogP contribution is 2.17. The van der Waals surface area contributed by atoms with Gasteiger partial charge in [-0.05, 0) is 39.0 Å². The molecule has 7 heteroatoms. The quantitative estimate of drug-likeness (QED) is 0.923. The fraction of sp³-hybridized carbons (Fsp3) is 0.267. The molecule has 22 heavy (non-hydrogen) atoms. The first-order valence-electron chi connectivity index (χ1n) is 6.54. The van der Waals surface area contributed by atoms with E-state index in [1.165, 1.54) is 16.8 Å². The maximum atomic E-state index is 13.1. The molecule has 0 aliphatic heterocycles. The van der Waals surface area contributed by atoms with Crippen LogP contribution in [-0.2, 0) is 4.74 Å². The van der Waals surface area contributed by atoms with Crippen LogP contribution in [-0.4, -0.2) is 21.5 Å². The van der Waals surface area contributed by atoms with E-state index in [1.807, 2.05) is 6.07 Å². The molecule has 0 aliphatic rings. The Hall–Kier alpha value is -2.88. The molecule has 1 heterocycles. The van der Waals surface area contributed by atoms with Crippen molar-refractivity contribution in [3.63, 3.8) is 0 Å². The Balaban J connectivity index is 2.19. The first-order valence-corrected chi connectivity index (χ1v) is 6.54. The number of aromatic nitrogens is 2. The van der Waals surface area contributed by atoms with Crippen molar-refractivity contribution in [2.45, 2.75) is 26.4 Å². The lowest BCUT2D eigenvalue weighted by Crippen LogP contribution is -2.27. The van der Waals surface area contributed by atoms with Gasteiger partial charge in [0, 0.05) is 12.3 Å². The second-order valence-electron chi connectivity index (χ2n) is 5.55. The molecule has 1 amide bonds. The van der Waals surface area contributed by atoms with Gasteiger partial charge in [-0.25, -0.2) is 13.9 Å². The SMILES string of the molecule is CC(C)(C)OC(=O)Nc1ccn(-c2ccc(F)cc2C#N)n1. The predicted molar refractivity (Wildman–Crippen MR) is 78.1 cm³/mol. The minimum Gasteiger partial charge on any atom is -0.444 e. The van der Waals surface area contributed by atoms with Crippen LogP contribution in [0, 0.1) is 17.1 Å². The summed E-state index contributed by atoms with van der Waals surface area (Å²) in [7, 11) is 0. The van der Waals surface area contributed by atoms with Gasteiger partial charge in [0.05, 0.1) is 11.3 Å². The first kappa shape index (κ1) is 15.5. The van der Waals surface area contributed by atoms with Gasteiger partial charge in [0.1, 0.15) is 17.5 Å². The normalized spacial score (nSPS) is 10.9. The minimum absolute atomic E-state index is 0.145. The number of carbonyl (C=O) groups excluding carboxylic acids is 1. The third-order valence-corrected chi connectivity index (χ3v) is 2.54. The fourth-order valence-electron chi connectivity index (χ4n) is 1.73. The zero-order chi connectivity index (χ0) is 16.3. The van der Waals surface area contributed by atoms with Crippen molar-refractivity contribution in [2.75, 3.05) is 5.32 Å². The molecule has 114 valence electrons. The van der Waals surface area contributed by atoms with E-state index in [9.17, 15) is 9.18 Å². The van der Waals surface area contributed by atoms with Gasteiger partial charge in [0.25, 0.3) is 0 Å². The van der Waals surface area contributed by atoms with Crippen LogP contribution in [0.5, 0.6) is 0 Å². The highest BCUT2D eigenvalue weighted by Gasteiger charge is 2.17. The van der Waals surface area contributed by atoms with Crippen LogP contribution in [0.2, 0.25) is 0 Å². The van der Waals surface area contributed by atoms with Crippen molar-refractivity contribution < 1.29 is 13.9 Å². The number of carbonyl (C=O) groups is 1. The van der Waals surface area contributed by atoms with Crippen molar-refractivity contribution in [2.24, 2.45) is 0 Å². The average molecular weight is 302 g/mol. The molecule has 0 spiro atoms. The number of ether oxygens (including phenoxy) is 1. The molecule has 2 rings (SSSR count). The maximum absolute atomic E-state index is 13.1. The second kappa shape index (κ2) is 5.85. The summed E-state index contributed by atoms with van der Waals surface area (Å²) in [5, 5.41) is 15.6. The molecule has 0 bridgehead atoms. The molecular weight excluding hydrogens is 287 g/mol. The molecule has 1 aromatic heterocycles. The minimum atomic E-state index is -0.627. The van der Waals surface area contributed by atoms with Crippen LogP contribution in [0.4, 0.5) is 15.0 Å². The van der Waals surface area contributed by atoms with E-state index in [1.54, 1.807) is 33.0 Å². The van der Waals surface area contributed by atoms with E-state index in [0.29, 0.717) is 5.69 Å². The summed E-state index contributed by atoms with van der Waals surface area (Å²) in [6.07, 6.45) is 0.929. The van der Waals surface area contributed by atoms with Crippen molar-refractivity contribution in [1.82, 2.24) is 9.78 Å². The number of anilines is 1. The van der Waals surface area contributed by atoms with Crippen molar-refractivity contribution >= 4 is 11.9 Å². The molecule has 0 fully saturated rings. The van der Waals surface area contributed by atoms with Gasteiger partial charge >= 0.3 is 6.09 Å². The van der Waals surface area contributed by atoms with Gasteiger partial charge in [-0.3, -0.25) is 5.32 Å². The molecule has 0 unspecified atom stereocenters. The molecule has 0 atom stereocenters. The van der Waals surface area contributed by atoms with E-state index in [0.717, 1.165) is 6.07 Å². The summed E-state index contributed by atoms with van der Waals surface area (Å²) >= 11 is 0. The van der Waals surface area contributed by atoms with E-state index in [-0.39, 0.29) is 11.4 Å². The number of hydrogen-bond donors (Lipinski definition) is 1. The summed E-state index contributed by atoms with van der Waals surface area (Å²) < 4.78 is 19.6. The van der Waals surface area contributed by atoms with Crippen LogP contribution in [0.3, 0.4) is 0 Å². The third-order valence-electron chi connectivity index (χ3n) is 2.54. The zero-order valence-corrected chi connectivity index (χ0v) is 12.4. The Morgan fingerprint density at radius 3 is 2.77 bits per heavy atom. The monoisotopic (exact) mass is 302 g/mol. The summed E-state index contributed by atoms with van der Waals surface area (Å²) in [6.45, 7) is 5.26. The number of amides is 1. The van der Waals surface area contributed by atoms with E-state index >= 15 is 0 Å². The van der Waals surface area contributed by atoms with Gasteiger partial charge in [-0.15, -0.1) is 5.10 Å². The van der Waals surface area contributed by atoms with Gasteiger partial charge < -0.3 is 4.74 Å². The lowest BCUT2D eigenvalue weighted by Gasteiger charge is -2.19. The predicted octanol–water partition coefficient (Wildman–Crippen LogP) is 3.23. The molecule has 2 aromatic rings. The Morgan fingerprint density at radius 1 is 1.41 bits per heavy atom. The largest absolute Gasteiger partial charge is 0.444 e. The fourth-order valence-corrected chi connectivity index (χ4v) is 1.73. The lowest BCUT2D eigenvalue weighted by atomic mass is 10.2. The first-order chi connectivity index (χ1) is 10.3. The van der Waals surface area contributed by atoms with Crippen LogP contribution in [0.1, 0.15) is 26.3 Å². The summed E-state index contributed by atoms with van der Waals surface area (Å²) in [5.41, 5.74) is -0.0505.